The topological polar surface area (TPSA) is 66.4 Å². The highest BCUT2D eigenvalue weighted by molar-refractivity contribution is 6.30. The van der Waals surface area contributed by atoms with E-state index in [0.29, 0.717) is 24.4 Å². The molecule has 1 atom stereocenters. The molecule has 0 aromatic heterocycles. The van der Waals surface area contributed by atoms with Crippen LogP contribution < -0.4 is 5.32 Å². The Labute approximate surface area is 146 Å². The molecule has 0 saturated carbocycles. The fourth-order valence-electron chi connectivity index (χ4n) is 2.47. The number of carbonyl (C=O) groups is 2. The van der Waals surface area contributed by atoms with Gasteiger partial charge in [0.15, 0.2) is 0 Å². The summed E-state index contributed by atoms with van der Waals surface area (Å²) in [6.45, 7) is 2.35. The summed E-state index contributed by atoms with van der Waals surface area (Å²) in [5.74, 6) is -1.13. The van der Waals surface area contributed by atoms with Gasteiger partial charge in [0.25, 0.3) is 0 Å². The Morgan fingerprint density at radius 2 is 1.83 bits per heavy atom. The second kappa shape index (κ2) is 8.50. The van der Waals surface area contributed by atoms with Crippen LogP contribution in [0.3, 0.4) is 0 Å². The molecule has 2 aromatic rings. The Morgan fingerprint density at radius 1 is 1.12 bits per heavy atom. The van der Waals surface area contributed by atoms with E-state index in [-0.39, 0.29) is 17.4 Å². The lowest BCUT2D eigenvalue weighted by atomic mass is 10.0. The summed E-state index contributed by atoms with van der Waals surface area (Å²) >= 11 is 5.95. The summed E-state index contributed by atoms with van der Waals surface area (Å²) in [6, 6.07) is 14.2. The number of nitrogens with one attached hydrogen (secondary N) is 1. The van der Waals surface area contributed by atoms with E-state index in [4.69, 9.17) is 16.7 Å². The lowest BCUT2D eigenvalue weighted by Crippen LogP contribution is -2.31. The summed E-state index contributed by atoms with van der Waals surface area (Å²) in [5.41, 5.74) is 2.17. The predicted octanol–water partition coefficient (Wildman–Crippen LogP) is 3.58. The van der Waals surface area contributed by atoms with E-state index in [9.17, 15) is 9.59 Å². The predicted molar refractivity (Wildman–Crippen MR) is 94.4 cm³/mol. The van der Waals surface area contributed by atoms with E-state index < -0.39 is 5.97 Å². The monoisotopic (exact) mass is 345 g/mol. The van der Waals surface area contributed by atoms with E-state index in [0.717, 1.165) is 11.1 Å². The van der Waals surface area contributed by atoms with Crippen molar-refractivity contribution in [1.82, 2.24) is 5.32 Å². The number of rotatable bonds is 7. The van der Waals surface area contributed by atoms with Gasteiger partial charge in [0.2, 0.25) is 5.91 Å². The molecule has 1 unspecified atom stereocenters. The number of hydrogen-bond donors (Lipinski definition) is 2. The Morgan fingerprint density at radius 3 is 2.54 bits per heavy atom. The van der Waals surface area contributed by atoms with Gasteiger partial charge in [-0.25, -0.2) is 4.79 Å². The van der Waals surface area contributed by atoms with Gasteiger partial charge in [-0.2, -0.15) is 0 Å². The normalized spacial score (nSPS) is 11.8. The molecule has 4 nitrogen and oxygen atoms in total. The van der Waals surface area contributed by atoms with Crippen molar-refractivity contribution in [2.45, 2.75) is 19.8 Å². The highest BCUT2D eigenvalue weighted by Gasteiger charge is 2.13. The van der Waals surface area contributed by atoms with Crippen LogP contribution in [0.15, 0.2) is 48.5 Å². The van der Waals surface area contributed by atoms with E-state index >= 15 is 0 Å². The van der Waals surface area contributed by atoms with Crippen LogP contribution >= 0.6 is 11.6 Å². The van der Waals surface area contributed by atoms with Gasteiger partial charge in [-0.3, -0.25) is 4.79 Å². The fraction of sp³-hybridized carbons (Fsp3) is 0.263. The standard InChI is InChI=1S/C19H20ClNO3/c1-13(10-15-5-3-7-17(20)12-15)18(22)21-9-8-14-4-2-6-16(11-14)19(23)24/h2-7,11-13H,8-10H2,1H3,(H,21,22)(H,23,24). The van der Waals surface area contributed by atoms with Crippen LogP contribution in [0.4, 0.5) is 0 Å². The first-order chi connectivity index (χ1) is 11.5. The SMILES string of the molecule is CC(Cc1cccc(Cl)c1)C(=O)NCCc1cccc(C(=O)O)c1. The zero-order valence-electron chi connectivity index (χ0n) is 13.5. The minimum atomic E-state index is -0.948. The number of benzene rings is 2. The molecule has 0 heterocycles. The average molecular weight is 346 g/mol. The van der Waals surface area contributed by atoms with E-state index in [1.54, 1.807) is 24.3 Å². The van der Waals surface area contributed by atoms with Crippen molar-refractivity contribution in [3.8, 4) is 0 Å². The van der Waals surface area contributed by atoms with Crippen molar-refractivity contribution in [3.63, 3.8) is 0 Å². The molecule has 126 valence electrons. The van der Waals surface area contributed by atoms with E-state index in [2.05, 4.69) is 5.32 Å². The molecule has 0 aliphatic carbocycles. The molecule has 0 bridgehead atoms. The Hall–Kier alpha value is -2.33. The number of aromatic carboxylic acids is 1. The van der Waals surface area contributed by atoms with Gasteiger partial charge in [-0.15, -0.1) is 0 Å². The lowest BCUT2D eigenvalue weighted by molar-refractivity contribution is -0.124. The van der Waals surface area contributed by atoms with Gasteiger partial charge in [0.05, 0.1) is 5.56 Å². The van der Waals surface area contributed by atoms with Crippen LogP contribution in [0.5, 0.6) is 0 Å². The first kappa shape index (κ1) is 18.0. The molecule has 1 amide bonds. The highest BCUT2D eigenvalue weighted by Crippen LogP contribution is 2.14. The van der Waals surface area contributed by atoms with E-state index in [1.807, 2.05) is 31.2 Å². The van der Waals surface area contributed by atoms with Crippen molar-refractivity contribution < 1.29 is 14.7 Å². The fourth-order valence-corrected chi connectivity index (χ4v) is 2.69. The maximum atomic E-state index is 12.2. The zero-order chi connectivity index (χ0) is 17.5. The molecule has 0 aliphatic heterocycles. The van der Waals surface area contributed by atoms with Crippen LogP contribution in [0.2, 0.25) is 5.02 Å². The Bertz CT molecular complexity index is 730. The minimum absolute atomic E-state index is 0.0237. The number of amides is 1. The molecule has 2 rings (SSSR count). The van der Waals surface area contributed by atoms with Crippen molar-refractivity contribution >= 4 is 23.5 Å². The third-order valence-corrected chi connectivity index (χ3v) is 4.00. The van der Waals surface area contributed by atoms with Crippen LogP contribution in [-0.4, -0.2) is 23.5 Å². The maximum Gasteiger partial charge on any atom is 0.335 e. The maximum absolute atomic E-state index is 12.2. The number of carboxylic acid groups (broad SMARTS) is 1. The Balaban J connectivity index is 1.82. The first-order valence-corrected chi connectivity index (χ1v) is 8.18. The summed E-state index contributed by atoms with van der Waals surface area (Å²) in [6.07, 6.45) is 1.22. The van der Waals surface area contributed by atoms with Gasteiger partial charge >= 0.3 is 5.97 Å². The van der Waals surface area contributed by atoms with Crippen molar-refractivity contribution in [2.75, 3.05) is 6.54 Å². The Kier molecular flexibility index (Phi) is 6.38. The molecule has 0 saturated heterocycles. The van der Waals surface area contributed by atoms with Crippen LogP contribution in [0.25, 0.3) is 0 Å². The van der Waals surface area contributed by atoms with Crippen molar-refractivity contribution in [2.24, 2.45) is 5.92 Å². The molecular weight excluding hydrogens is 326 g/mol. The molecule has 0 aliphatic rings. The second-order valence-electron chi connectivity index (χ2n) is 5.78. The number of halogens is 1. The molecular formula is C19H20ClNO3. The largest absolute Gasteiger partial charge is 0.478 e. The van der Waals surface area contributed by atoms with Gasteiger partial charge in [0, 0.05) is 17.5 Å². The van der Waals surface area contributed by atoms with Crippen LogP contribution in [0, 0.1) is 5.92 Å². The third-order valence-electron chi connectivity index (χ3n) is 3.77. The summed E-state index contributed by atoms with van der Waals surface area (Å²) in [5, 5.41) is 12.5. The lowest BCUT2D eigenvalue weighted by Gasteiger charge is -2.12. The van der Waals surface area contributed by atoms with Gasteiger partial charge in [-0.1, -0.05) is 42.8 Å². The molecule has 2 aromatic carbocycles. The molecule has 5 heteroatoms. The quantitative estimate of drug-likeness (QED) is 0.806. The summed E-state index contributed by atoms with van der Waals surface area (Å²) in [7, 11) is 0. The average Bonchev–Trinajstić information content (AvgIpc) is 2.55. The molecule has 0 radical (unpaired) electrons. The van der Waals surface area contributed by atoms with Gasteiger partial charge < -0.3 is 10.4 Å². The van der Waals surface area contributed by atoms with Crippen LogP contribution in [0.1, 0.15) is 28.4 Å². The number of hydrogen-bond acceptors (Lipinski definition) is 2. The smallest absolute Gasteiger partial charge is 0.335 e. The van der Waals surface area contributed by atoms with E-state index in [1.165, 1.54) is 0 Å². The van der Waals surface area contributed by atoms with Crippen LogP contribution in [-0.2, 0) is 17.6 Å². The second-order valence-corrected chi connectivity index (χ2v) is 6.22. The molecule has 0 fully saturated rings. The molecule has 2 N–H and O–H groups in total. The minimum Gasteiger partial charge on any atom is -0.478 e. The first-order valence-electron chi connectivity index (χ1n) is 7.80. The summed E-state index contributed by atoms with van der Waals surface area (Å²) in [4.78, 5) is 23.1. The van der Waals surface area contributed by atoms with Crippen molar-refractivity contribution in [1.29, 1.82) is 0 Å². The number of carboxylic acids is 1. The van der Waals surface area contributed by atoms with Gasteiger partial charge in [-0.05, 0) is 48.2 Å². The van der Waals surface area contributed by atoms with Gasteiger partial charge in [0.1, 0.15) is 0 Å². The number of carbonyl (C=O) groups excluding carboxylic acids is 1. The third kappa shape index (κ3) is 5.39. The molecule has 0 spiro atoms. The van der Waals surface area contributed by atoms with Crippen molar-refractivity contribution in [3.05, 3.63) is 70.2 Å². The summed E-state index contributed by atoms with van der Waals surface area (Å²) < 4.78 is 0. The zero-order valence-corrected chi connectivity index (χ0v) is 14.2. The molecule has 24 heavy (non-hydrogen) atoms. The highest BCUT2D eigenvalue weighted by atomic mass is 35.5.